The number of hydrogen-bond acceptors (Lipinski definition) is 6. The Morgan fingerprint density at radius 1 is 0.969 bits per heavy atom. The Morgan fingerprint density at radius 3 is 2.38 bits per heavy atom. The molecule has 0 bridgehead atoms. The van der Waals surface area contributed by atoms with Crippen LogP contribution in [-0.4, -0.2) is 42.2 Å². The molecule has 1 aliphatic heterocycles. The number of aryl methyl sites for hydroxylation is 1. The maximum atomic E-state index is 13.8. The number of nitrogens with one attached hydrogen (secondary N) is 2. The summed E-state index contributed by atoms with van der Waals surface area (Å²) in [5, 5.41) is 5.64. The summed E-state index contributed by atoms with van der Waals surface area (Å²) in [5.74, 6) is -3.42. The molecule has 1 fully saturated rings. The zero-order valence-corrected chi connectivity index (χ0v) is 17.2. The van der Waals surface area contributed by atoms with Gasteiger partial charge in [-0.25, -0.2) is 23.1 Å². The van der Waals surface area contributed by atoms with Gasteiger partial charge in [0.2, 0.25) is 0 Å². The van der Waals surface area contributed by atoms with Crippen molar-refractivity contribution in [1.29, 1.82) is 0 Å². The molecule has 3 aromatic rings. The molecule has 2 heterocycles. The van der Waals surface area contributed by atoms with Crippen LogP contribution >= 0.6 is 0 Å². The highest BCUT2D eigenvalue weighted by Crippen LogP contribution is 2.23. The maximum absolute atomic E-state index is 13.8. The lowest BCUT2D eigenvalue weighted by Crippen LogP contribution is -2.36. The number of anilines is 4. The predicted octanol–water partition coefficient (Wildman–Crippen LogP) is 4.03. The molecule has 0 radical (unpaired) electrons. The second kappa shape index (κ2) is 9.23. The molecular formula is C22H20F3N5O2. The van der Waals surface area contributed by atoms with E-state index in [4.69, 9.17) is 4.74 Å². The van der Waals surface area contributed by atoms with E-state index >= 15 is 0 Å². The molecule has 7 nitrogen and oxygen atoms in total. The van der Waals surface area contributed by atoms with Gasteiger partial charge in [0.15, 0.2) is 17.5 Å². The normalized spacial score (nSPS) is 13.7. The molecule has 0 aliphatic carbocycles. The molecule has 4 rings (SSSR count). The third kappa shape index (κ3) is 4.80. The molecule has 2 N–H and O–H groups in total. The SMILES string of the molecule is Cc1nc(Nc2ccc(NC(=O)c3ccc(F)c(F)c3F)cc2)cc(N2CCOCC2)n1. The molecule has 1 saturated heterocycles. The van der Waals surface area contributed by atoms with Gasteiger partial charge in [-0.1, -0.05) is 0 Å². The van der Waals surface area contributed by atoms with Gasteiger partial charge in [0, 0.05) is 30.5 Å². The number of rotatable bonds is 5. The van der Waals surface area contributed by atoms with Gasteiger partial charge < -0.3 is 20.3 Å². The summed E-state index contributed by atoms with van der Waals surface area (Å²) in [4.78, 5) is 23.2. The number of aromatic nitrogens is 2. The van der Waals surface area contributed by atoms with E-state index in [9.17, 15) is 18.0 Å². The van der Waals surface area contributed by atoms with E-state index in [2.05, 4.69) is 25.5 Å². The summed E-state index contributed by atoms with van der Waals surface area (Å²) >= 11 is 0. The lowest BCUT2D eigenvalue weighted by Gasteiger charge is -2.28. The Bertz CT molecular complexity index is 1140. The van der Waals surface area contributed by atoms with Gasteiger partial charge in [0.1, 0.15) is 17.5 Å². The highest BCUT2D eigenvalue weighted by Gasteiger charge is 2.19. The van der Waals surface area contributed by atoms with Crippen LogP contribution in [0.3, 0.4) is 0 Å². The molecule has 0 atom stereocenters. The van der Waals surface area contributed by atoms with Gasteiger partial charge in [-0.3, -0.25) is 4.79 Å². The molecule has 0 spiro atoms. The fraction of sp³-hybridized carbons (Fsp3) is 0.227. The Balaban J connectivity index is 1.45. The standard InChI is InChI=1S/C22H20F3N5O2/c1-13-26-18(12-19(27-13)30-8-10-32-11-9-30)28-14-2-4-15(5-3-14)29-22(31)16-6-7-17(23)21(25)20(16)24/h2-7,12H,8-11H2,1H3,(H,29,31)(H,26,27,28). The number of hydrogen-bond donors (Lipinski definition) is 2. The molecule has 1 amide bonds. The average molecular weight is 443 g/mol. The minimum Gasteiger partial charge on any atom is -0.378 e. The number of ether oxygens (including phenoxy) is 1. The number of benzene rings is 2. The second-order valence-electron chi connectivity index (χ2n) is 7.14. The van der Waals surface area contributed by atoms with E-state index in [1.54, 1.807) is 24.3 Å². The van der Waals surface area contributed by atoms with Crippen molar-refractivity contribution in [2.45, 2.75) is 6.92 Å². The number of morpholine rings is 1. The van der Waals surface area contributed by atoms with Crippen molar-refractivity contribution in [1.82, 2.24) is 9.97 Å². The summed E-state index contributed by atoms with van der Waals surface area (Å²) in [6.45, 7) is 4.61. The zero-order chi connectivity index (χ0) is 22.7. The Kier molecular flexibility index (Phi) is 6.22. The first-order valence-electron chi connectivity index (χ1n) is 9.91. The Morgan fingerprint density at radius 2 is 1.66 bits per heavy atom. The minimum atomic E-state index is -1.69. The topological polar surface area (TPSA) is 79.4 Å². The average Bonchev–Trinajstić information content (AvgIpc) is 2.79. The van der Waals surface area contributed by atoms with Crippen LogP contribution in [0.5, 0.6) is 0 Å². The summed E-state index contributed by atoms with van der Waals surface area (Å²) in [6, 6.07) is 10.0. The van der Waals surface area contributed by atoms with Crippen molar-refractivity contribution in [3.05, 3.63) is 71.3 Å². The van der Waals surface area contributed by atoms with Crippen molar-refractivity contribution in [2.24, 2.45) is 0 Å². The first-order valence-corrected chi connectivity index (χ1v) is 9.91. The molecule has 1 aromatic heterocycles. The van der Waals surface area contributed by atoms with Gasteiger partial charge in [0.25, 0.3) is 5.91 Å². The monoisotopic (exact) mass is 443 g/mol. The summed E-state index contributed by atoms with van der Waals surface area (Å²) < 4.78 is 45.6. The van der Waals surface area contributed by atoms with Crippen LogP contribution < -0.4 is 15.5 Å². The third-order valence-corrected chi connectivity index (χ3v) is 4.85. The zero-order valence-electron chi connectivity index (χ0n) is 17.2. The van der Waals surface area contributed by atoms with Crippen molar-refractivity contribution < 1.29 is 22.7 Å². The fourth-order valence-corrected chi connectivity index (χ4v) is 3.25. The second-order valence-corrected chi connectivity index (χ2v) is 7.14. The lowest BCUT2D eigenvalue weighted by molar-refractivity contribution is 0.102. The van der Waals surface area contributed by atoms with Gasteiger partial charge in [-0.15, -0.1) is 0 Å². The van der Waals surface area contributed by atoms with Crippen LogP contribution in [0.15, 0.2) is 42.5 Å². The van der Waals surface area contributed by atoms with Crippen LogP contribution in [-0.2, 0) is 4.74 Å². The first kappa shape index (κ1) is 21.6. The number of carbonyl (C=O) groups excluding carboxylic acids is 1. The van der Waals surface area contributed by atoms with Crippen molar-refractivity contribution in [2.75, 3.05) is 41.8 Å². The Labute approximate surface area is 182 Å². The quantitative estimate of drug-likeness (QED) is 0.580. The molecule has 166 valence electrons. The van der Waals surface area contributed by atoms with E-state index in [-0.39, 0.29) is 0 Å². The molecule has 10 heteroatoms. The lowest BCUT2D eigenvalue weighted by atomic mass is 10.1. The molecule has 0 unspecified atom stereocenters. The fourth-order valence-electron chi connectivity index (χ4n) is 3.25. The van der Waals surface area contributed by atoms with Crippen LogP contribution in [0.4, 0.5) is 36.2 Å². The molecular weight excluding hydrogens is 423 g/mol. The van der Waals surface area contributed by atoms with E-state index in [0.29, 0.717) is 42.3 Å². The van der Waals surface area contributed by atoms with Gasteiger partial charge in [0.05, 0.1) is 18.8 Å². The van der Waals surface area contributed by atoms with Crippen LogP contribution in [0.2, 0.25) is 0 Å². The van der Waals surface area contributed by atoms with E-state index in [1.165, 1.54) is 0 Å². The predicted molar refractivity (Wildman–Crippen MR) is 114 cm³/mol. The molecule has 0 saturated carbocycles. The largest absolute Gasteiger partial charge is 0.378 e. The van der Waals surface area contributed by atoms with Crippen molar-refractivity contribution >= 4 is 28.9 Å². The molecule has 32 heavy (non-hydrogen) atoms. The van der Waals surface area contributed by atoms with Gasteiger partial charge >= 0.3 is 0 Å². The number of nitrogens with zero attached hydrogens (tertiary/aromatic N) is 3. The van der Waals surface area contributed by atoms with Gasteiger partial charge in [-0.05, 0) is 43.3 Å². The number of carbonyl (C=O) groups is 1. The van der Waals surface area contributed by atoms with Gasteiger partial charge in [-0.2, -0.15) is 0 Å². The smallest absolute Gasteiger partial charge is 0.258 e. The summed E-state index contributed by atoms with van der Waals surface area (Å²) in [7, 11) is 0. The van der Waals surface area contributed by atoms with Crippen molar-refractivity contribution in [3.63, 3.8) is 0 Å². The minimum absolute atomic E-state index is 0.359. The number of halogens is 3. The highest BCUT2D eigenvalue weighted by atomic mass is 19.2. The summed E-state index contributed by atoms with van der Waals surface area (Å²) in [6.07, 6.45) is 0. The number of amides is 1. The highest BCUT2D eigenvalue weighted by molar-refractivity contribution is 6.04. The van der Waals surface area contributed by atoms with E-state index < -0.39 is 28.9 Å². The van der Waals surface area contributed by atoms with Crippen LogP contribution in [0.1, 0.15) is 16.2 Å². The third-order valence-electron chi connectivity index (χ3n) is 4.85. The van der Waals surface area contributed by atoms with E-state index in [0.717, 1.165) is 25.0 Å². The Hall–Kier alpha value is -3.66. The van der Waals surface area contributed by atoms with E-state index in [1.807, 2.05) is 13.0 Å². The van der Waals surface area contributed by atoms with Crippen LogP contribution in [0.25, 0.3) is 0 Å². The molecule has 1 aliphatic rings. The first-order chi connectivity index (χ1) is 15.4. The summed E-state index contributed by atoms with van der Waals surface area (Å²) in [5.41, 5.74) is 0.476. The van der Waals surface area contributed by atoms with Crippen molar-refractivity contribution in [3.8, 4) is 0 Å². The van der Waals surface area contributed by atoms with Crippen LogP contribution in [0, 0.1) is 24.4 Å². The molecule has 2 aromatic carbocycles. The maximum Gasteiger partial charge on any atom is 0.258 e.